The molecule has 1 fully saturated rings. The van der Waals surface area contributed by atoms with Crippen molar-refractivity contribution in [2.75, 3.05) is 0 Å². The van der Waals surface area contributed by atoms with Crippen LogP contribution in [-0.2, 0) is 9.47 Å². The maximum absolute atomic E-state index is 5.54. The Morgan fingerprint density at radius 1 is 1.22 bits per heavy atom. The Morgan fingerprint density at radius 3 is 1.67 bits per heavy atom. The number of halogens is 3. The molecule has 2 nitrogen and oxygen atoms in total. The van der Waals surface area contributed by atoms with E-state index < -0.39 is 16.4 Å². The Morgan fingerprint density at radius 2 is 1.56 bits per heavy atom. The van der Waals surface area contributed by atoms with E-state index in [2.05, 4.69) is 0 Å². The molecule has 0 aromatic carbocycles. The normalized spacial score (nSPS) is 52.0. The maximum Gasteiger partial charge on any atom is 0.248 e. The van der Waals surface area contributed by atoms with Crippen molar-refractivity contribution in [3.8, 4) is 0 Å². The number of ether oxygens (including phenoxy) is 2. The topological polar surface area (TPSA) is 18.5 Å². The summed E-state index contributed by atoms with van der Waals surface area (Å²) in [6.07, 6.45) is 0. The average Bonchev–Trinajstić information content (AvgIpc) is 1.79. The van der Waals surface area contributed by atoms with Crippen molar-refractivity contribution in [1.29, 1.82) is 0 Å². The Balaban J connectivity index is 2.54. The fourth-order valence-corrected chi connectivity index (χ4v) is 1.26. The molecule has 0 amide bonds. The lowest BCUT2D eigenvalue weighted by atomic mass is 10.8. The Bertz CT molecular complexity index is 104. The van der Waals surface area contributed by atoms with Gasteiger partial charge in [-0.1, -0.05) is 34.8 Å². The maximum atomic E-state index is 5.54. The second-order valence-electron chi connectivity index (χ2n) is 1.77. The lowest BCUT2D eigenvalue weighted by Gasteiger charge is -2.11. The summed E-state index contributed by atoms with van der Waals surface area (Å²) in [7, 11) is 0. The summed E-state index contributed by atoms with van der Waals surface area (Å²) < 4.78 is 9.68. The summed E-state index contributed by atoms with van der Waals surface area (Å²) in [6.45, 7) is 1.53. The summed E-state index contributed by atoms with van der Waals surface area (Å²) in [5, 5.41) is -1.15. The van der Waals surface area contributed by atoms with Crippen LogP contribution in [0.4, 0.5) is 0 Å². The van der Waals surface area contributed by atoms with Crippen LogP contribution in [0.3, 0.4) is 0 Å². The molecule has 0 aliphatic carbocycles. The smallest absolute Gasteiger partial charge is 0.248 e. The molecule has 0 N–H and O–H groups in total. The van der Waals surface area contributed by atoms with Crippen LogP contribution in [0.5, 0.6) is 0 Å². The fourth-order valence-electron chi connectivity index (χ4n) is 0.537. The third kappa shape index (κ3) is 1.85. The fraction of sp³-hybridized carbons (Fsp3) is 1.00. The molecule has 2 atom stereocenters. The first-order valence-electron chi connectivity index (χ1n) is 2.34. The summed E-state index contributed by atoms with van der Waals surface area (Å²) in [5.41, 5.74) is -1.32. The first-order chi connectivity index (χ1) is 4.01. The van der Waals surface area contributed by atoms with Crippen molar-refractivity contribution in [2.45, 2.75) is 23.3 Å². The van der Waals surface area contributed by atoms with E-state index in [-0.39, 0.29) is 0 Å². The molecule has 0 aromatic rings. The van der Waals surface area contributed by atoms with E-state index in [1.807, 2.05) is 0 Å². The van der Waals surface area contributed by atoms with Gasteiger partial charge in [-0.05, 0) is 0 Å². The molecule has 0 saturated carbocycles. The van der Waals surface area contributed by atoms with Gasteiger partial charge in [0.25, 0.3) is 0 Å². The predicted molar refractivity (Wildman–Crippen MR) is 35.7 cm³/mol. The summed E-state index contributed by atoms with van der Waals surface area (Å²) in [4.78, 5) is 0. The van der Waals surface area contributed by atoms with E-state index in [0.29, 0.717) is 0 Å². The molecule has 1 saturated heterocycles. The number of hydrogen-bond acceptors (Lipinski definition) is 2. The van der Waals surface area contributed by atoms with Crippen LogP contribution >= 0.6 is 34.8 Å². The van der Waals surface area contributed by atoms with Gasteiger partial charge in [0.05, 0.1) is 0 Å². The van der Waals surface area contributed by atoms with Crippen LogP contribution in [-0.4, -0.2) is 16.4 Å². The molecular weight excluding hydrogens is 186 g/mol. The minimum Gasteiger partial charge on any atom is -0.314 e. The third-order valence-electron chi connectivity index (χ3n) is 0.852. The summed E-state index contributed by atoms with van der Waals surface area (Å²) >= 11 is 16.5. The number of alkyl halides is 3. The van der Waals surface area contributed by atoms with E-state index in [1.54, 1.807) is 0 Å². The third-order valence-corrected chi connectivity index (χ3v) is 1.80. The van der Waals surface area contributed by atoms with Gasteiger partial charge in [0.1, 0.15) is 0 Å². The van der Waals surface area contributed by atoms with Crippen molar-refractivity contribution in [3.05, 3.63) is 0 Å². The van der Waals surface area contributed by atoms with Crippen LogP contribution in [0.2, 0.25) is 0 Å². The van der Waals surface area contributed by atoms with E-state index in [4.69, 9.17) is 44.3 Å². The highest BCUT2D eigenvalue weighted by Crippen LogP contribution is 2.35. The lowest BCUT2D eigenvalue weighted by molar-refractivity contribution is -0.0764. The van der Waals surface area contributed by atoms with Crippen LogP contribution in [0, 0.1) is 0 Å². The zero-order valence-electron chi connectivity index (χ0n) is 4.61. The number of rotatable bonds is 0. The van der Waals surface area contributed by atoms with Crippen molar-refractivity contribution in [2.24, 2.45) is 0 Å². The van der Waals surface area contributed by atoms with Crippen molar-refractivity contribution >= 4 is 34.8 Å². The van der Waals surface area contributed by atoms with Gasteiger partial charge in [-0.25, -0.2) is 0 Å². The van der Waals surface area contributed by atoms with Gasteiger partial charge in [0, 0.05) is 6.92 Å². The van der Waals surface area contributed by atoms with Crippen molar-refractivity contribution in [3.63, 3.8) is 0 Å². The molecule has 9 heavy (non-hydrogen) atoms. The summed E-state index contributed by atoms with van der Waals surface area (Å²) in [6, 6.07) is 0. The van der Waals surface area contributed by atoms with E-state index in [9.17, 15) is 0 Å². The summed E-state index contributed by atoms with van der Waals surface area (Å²) in [5.74, 6) is 0. The molecular formula is C4H5Cl3O2. The van der Waals surface area contributed by atoms with Gasteiger partial charge in [-0.3, -0.25) is 0 Å². The lowest BCUT2D eigenvalue weighted by Crippen LogP contribution is -2.16. The van der Waals surface area contributed by atoms with E-state index in [1.165, 1.54) is 6.92 Å². The van der Waals surface area contributed by atoms with Gasteiger partial charge < -0.3 is 9.47 Å². The Kier molecular flexibility index (Phi) is 2.14. The molecule has 0 bridgehead atoms. The highest BCUT2D eigenvalue weighted by molar-refractivity contribution is 6.30. The second-order valence-corrected chi connectivity index (χ2v) is 3.32. The van der Waals surface area contributed by atoms with Gasteiger partial charge in [-0.2, -0.15) is 0 Å². The SMILES string of the molecule is CC1(Cl)OC(Cl)C(Cl)O1. The van der Waals surface area contributed by atoms with Gasteiger partial charge in [-0.15, -0.1) is 0 Å². The quantitative estimate of drug-likeness (QED) is 0.546. The first kappa shape index (κ1) is 7.89. The molecule has 1 aliphatic rings. The van der Waals surface area contributed by atoms with Crippen LogP contribution < -0.4 is 0 Å². The van der Waals surface area contributed by atoms with Gasteiger partial charge in [0.2, 0.25) is 5.25 Å². The van der Waals surface area contributed by atoms with E-state index >= 15 is 0 Å². The zero-order valence-corrected chi connectivity index (χ0v) is 6.87. The minimum absolute atomic E-state index is 0.658. The monoisotopic (exact) mass is 190 g/mol. The second kappa shape index (κ2) is 2.44. The van der Waals surface area contributed by atoms with E-state index in [0.717, 1.165) is 0 Å². The molecule has 2 unspecified atom stereocenters. The van der Waals surface area contributed by atoms with Crippen LogP contribution in [0.15, 0.2) is 0 Å². The molecule has 54 valence electrons. The highest BCUT2D eigenvalue weighted by Gasteiger charge is 2.41. The Hall–Kier alpha value is 0.790. The molecule has 0 aromatic heterocycles. The molecule has 1 heterocycles. The first-order valence-corrected chi connectivity index (χ1v) is 3.59. The Labute approximate surface area is 68.0 Å². The van der Waals surface area contributed by atoms with Gasteiger partial charge in [0.15, 0.2) is 11.1 Å². The van der Waals surface area contributed by atoms with Crippen LogP contribution in [0.25, 0.3) is 0 Å². The van der Waals surface area contributed by atoms with Crippen LogP contribution in [0.1, 0.15) is 6.92 Å². The largest absolute Gasteiger partial charge is 0.314 e. The molecule has 5 heteroatoms. The molecule has 0 spiro atoms. The molecule has 1 aliphatic heterocycles. The predicted octanol–water partition coefficient (Wildman–Crippen LogP) is 2.08. The molecule has 0 radical (unpaired) electrons. The minimum atomic E-state index is -1.15. The average molecular weight is 191 g/mol. The highest BCUT2D eigenvalue weighted by atomic mass is 35.5. The van der Waals surface area contributed by atoms with Gasteiger partial charge >= 0.3 is 0 Å². The standard InChI is InChI=1S/C4H5Cl3O2/c1-4(7)8-2(5)3(6)9-4/h2-3H,1H3. The zero-order chi connectivity index (χ0) is 7.07. The van der Waals surface area contributed by atoms with Crippen molar-refractivity contribution in [1.82, 2.24) is 0 Å². The molecule has 1 rings (SSSR count). The van der Waals surface area contributed by atoms with Crippen molar-refractivity contribution < 1.29 is 9.47 Å². The number of hydrogen-bond donors (Lipinski definition) is 0.